The lowest BCUT2D eigenvalue weighted by Gasteiger charge is -2.38. The summed E-state index contributed by atoms with van der Waals surface area (Å²) in [6.07, 6.45) is 5.10. The lowest BCUT2D eigenvalue weighted by Crippen LogP contribution is -2.43. The van der Waals surface area contributed by atoms with Gasteiger partial charge in [0.2, 0.25) is 5.91 Å². The van der Waals surface area contributed by atoms with E-state index in [1.54, 1.807) is 6.08 Å². The van der Waals surface area contributed by atoms with Crippen LogP contribution in [-0.2, 0) is 19.9 Å². The average Bonchev–Trinajstić information content (AvgIpc) is 3.80. The van der Waals surface area contributed by atoms with E-state index in [1.807, 2.05) is 56.0 Å². The highest BCUT2D eigenvalue weighted by Gasteiger charge is 2.41. The summed E-state index contributed by atoms with van der Waals surface area (Å²) in [6.45, 7) is 11.9. The molecule has 53 heavy (non-hydrogen) atoms. The molecule has 0 spiro atoms. The number of para-hydroxylation sites is 2. The zero-order chi connectivity index (χ0) is 36.2. The van der Waals surface area contributed by atoms with Crippen LogP contribution in [0.25, 0.3) is 33.0 Å². The lowest BCUT2D eigenvalue weighted by atomic mass is 9.93. The summed E-state index contributed by atoms with van der Waals surface area (Å²) in [5, 5.41) is 1.90. The lowest BCUT2D eigenvalue weighted by molar-refractivity contribution is -0.132. The van der Waals surface area contributed by atoms with E-state index < -0.39 is 5.67 Å². The van der Waals surface area contributed by atoms with Gasteiger partial charge in [0, 0.05) is 48.8 Å². The summed E-state index contributed by atoms with van der Waals surface area (Å²) >= 11 is 0. The highest BCUT2D eigenvalue weighted by atomic mass is 19.1. The van der Waals surface area contributed by atoms with E-state index in [0.29, 0.717) is 55.2 Å². The highest BCUT2D eigenvalue weighted by Crippen LogP contribution is 2.41. The van der Waals surface area contributed by atoms with E-state index in [4.69, 9.17) is 28.6 Å². The van der Waals surface area contributed by atoms with Crippen molar-refractivity contribution in [3.63, 3.8) is 0 Å². The quantitative estimate of drug-likeness (QED) is 0.180. The van der Waals surface area contributed by atoms with Crippen molar-refractivity contribution in [2.75, 3.05) is 44.4 Å². The molecule has 1 unspecified atom stereocenters. The van der Waals surface area contributed by atoms with Crippen LogP contribution in [0.5, 0.6) is 5.88 Å². The van der Waals surface area contributed by atoms with Gasteiger partial charge in [0.05, 0.1) is 43.5 Å². The van der Waals surface area contributed by atoms with E-state index >= 15 is 4.39 Å². The molecule has 12 heteroatoms. The fourth-order valence-corrected chi connectivity index (χ4v) is 7.99. The second-order valence-electron chi connectivity index (χ2n) is 15.8. The zero-order valence-corrected chi connectivity index (χ0v) is 31.2. The Morgan fingerprint density at radius 3 is 2.66 bits per heavy atom. The van der Waals surface area contributed by atoms with Crippen LogP contribution in [0.15, 0.2) is 71.2 Å². The second-order valence-corrected chi connectivity index (χ2v) is 15.8. The number of carbonyl (C=O) groups excluding carboxylic acids is 1. The first kappa shape index (κ1) is 36.8. The molecule has 0 saturated carbocycles. The maximum absolute atomic E-state index is 16.7. The average molecular weight is 728 g/mol. The minimum Gasteiger partial charge on any atom is -0.474 e. The molecule has 3 aromatic heterocycles. The topological polar surface area (TPSA) is 127 Å². The maximum Gasteiger partial charge on any atom is 0.226 e. The molecule has 2 fully saturated rings. The predicted octanol–water partition coefficient (Wildman–Crippen LogP) is 6.92. The Bertz CT molecular complexity index is 2140. The van der Waals surface area contributed by atoms with Crippen molar-refractivity contribution in [1.82, 2.24) is 19.4 Å². The van der Waals surface area contributed by atoms with E-state index in [9.17, 15) is 4.79 Å². The molecule has 6 bridgehead atoms. The number of nitrogens with zero attached hydrogens (tertiary/aromatic N) is 5. The standard InChI is InChI=1S/C41H48FN5O5.H2O/c1-26-22-45-18-17-31(26)47-32-14-8-6-12-27(32)20-35(47)51-29-21-28(24-50-40(2,3)4)46(23-29)38-37-36(30-13-7-9-15-33(30)52-37)43-39(44-38)41(5,42)25-49-19-11-10-16-34(45)48;/h6-15,20,26,28-29,31H,16-19,21-25H2,1-5H3;1H2/b11-10+;/t26-,28-,29-,31-,41?;/m0./s1. The molecule has 4 aliphatic rings. The minimum atomic E-state index is -2.02. The summed E-state index contributed by atoms with van der Waals surface area (Å²) in [7, 11) is 0. The smallest absolute Gasteiger partial charge is 0.226 e. The first-order valence-electron chi connectivity index (χ1n) is 18.5. The number of halogens is 1. The van der Waals surface area contributed by atoms with Crippen molar-refractivity contribution in [1.29, 1.82) is 0 Å². The van der Waals surface area contributed by atoms with E-state index in [1.165, 1.54) is 6.92 Å². The first-order valence-corrected chi connectivity index (χ1v) is 18.5. The number of hydrogen-bond acceptors (Lipinski definition) is 8. The van der Waals surface area contributed by atoms with Crippen LogP contribution in [0, 0.1) is 5.92 Å². The van der Waals surface area contributed by atoms with Gasteiger partial charge < -0.3 is 38.5 Å². The van der Waals surface area contributed by atoms with Crippen molar-refractivity contribution >= 4 is 44.7 Å². The largest absolute Gasteiger partial charge is 0.474 e. The molecule has 9 rings (SSSR count). The van der Waals surface area contributed by atoms with Crippen LogP contribution in [0.4, 0.5) is 10.2 Å². The number of rotatable bonds is 2. The number of fused-ring (bicyclic) bond motifs is 12. The van der Waals surface area contributed by atoms with Gasteiger partial charge in [-0.2, -0.15) is 0 Å². The molecule has 5 atom stereocenters. The van der Waals surface area contributed by atoms with Gasteiger partial charge in [0.1, 0.15) is 17.2 Å². The molecule has 7 heterocycles. The Hall–Kier alpha value is -4.52. The van der Waals surface area contributed by atoms with E-state index in [0.717, 1.165) is 28.6 Å². The first-order chi connectivity index (χ1) is 24.9. The van der Waals surface area contributed by atoms with Crippen molar-refractivity contribution in [3.05, 3.63) is 72.6 Å². The number of benzene rings is 2. The van der Waals surface area contributed by atoms with Gasteiger partial charge in [-0.15, -0.1) is 0 Å². The summed E-state index contributed by atoms with van der Waals surface area (Å²) in [5.74, 6) is 1.62. The van der Waals surface area contributed by atoms with Gasteiger partial charge in [-0.3, -0.25) is 4.79 Å². The van der Waals surface area contributed by atoms with Crippen molar-refractivity contribution in [3.8, 4) is 5.88 Å². The van der Waals surface area contributed by atoms with Crippen molar-refractivity contribution in [2.45, 2.75) is 83.3 Å². The number of carbonyl (C=O) groups is 1. The molecule has 282 valence electrons. The maximum atomic E-state index is 16.7. The molecule has 11 nitrogen and oxygen atoms in total. The van der Waals surface area contributed by atoms with Crippen LogP contribution in [0.3, 0.4) is 0 Å². The van der Waals surface area contributed by atoms with Crippen LogP contribution in [0.2, 0.25) is 0 Å². The van der Waals surface area contributed by atoms with Crippen LogP contribution < -0.4 is 9.64 Å². The Balaban J connectivity index is 0.00000435. The van der Waals surface area contributed by atoms with Gasteiger partial charge in [-0.05, 0) is 58.2 Å². The number of alkyl halides is 1. The molecule has 1 amide bonds. The van der Waals surface area contributed by atoms with Crippen molar-refractivity contribution in [2.24, 2.45) is 5.92 Å². The van der Waals surface area contributed by atoms with Gasteiger partial charge in [-0.25, -0.2) is 14.4 Å². The van der Waals surface area contributed by atoms with Gasteiger partial charge in [0.25, 0.3) is 0 Å². The molecule has 5 aromatic rings. The van der Waals surface area contributed by atoms with Gasteiger partial charge >= 0.3 is 0 Å². The summed E-state index contributed by atoms with van der Waals surface area (Å²) < 4.78 is 44.7. The number of amides is 1. The summed E-state index contributed by atoms with van der Waals surface area (Å²) in [6, 6.07) is 18.2. The predicted molar refractivity (Wildman–Crippen MR) is 203 cm³/mol. The molecule has 0 aliphatic carbocycles. The number of hydrogen-bond donors (Lipinski definition) is 0. The summed E-state index contributed by atoms with van der Waals surface area (Å²) in [5.41, 5.74) is 0.436. The van der Waals surface area contributed by atoms with Crippen molar-refractivity contribution < 1.29 is 33.3 Å². The van der Waals surface area contributed by atoms with Gasteiger partial charge in [0.15, 0.2) is 28.8 Å². The molecule has 2 aromatic carbocycles. The summed E-state index contributed by atoms with van der Waals surface area (Å²) in [4.78, 5) is 27.1. The minimum absolute atomic E-state index is 0. The van der Waals surface area contributed by atoms with Gasteiger partial charge in [-0.1, -0.05) is 49.4 Å². The zero-order valence-electron chi connectivity index (χ0n) is 31.2. The van der Waals surface area contributed by atoms with E-state index in [-0.39, 0.29) is 66.5 Å². The Morgan fingerprint density at radius 2 is 1.85 bits per heavy atom. The van der Waals surface area contributed by atoms with Crippen LogP contribution in [-0.4, -0.2) is 88.0 Å². The second kappa shape index (κ2) is 14.4. The fourth-order valence-electron chi connectivity index (χ4n) is 7.99. The van der Waals surface area contributed by atoms with Crippen LogP contribution in [0.1, 0.15) is 65.7 Å². The molecular formula is C41H50FN5O6. The van der Waals surface area contributed by atoms with Crippen LogP contribution >= 0.6 is 0 Å². The SMILES string of the molecule is C[C@H]1CN2CC[C@@H]1n1c(cc3ccccc31)O[C@H]1C[C@@H](COC(C)(C)C)N(C1)c1nc(nc3c1oc1ccccc13)C(C)(F)COC/C=C/CC2=O.O. The van der Waals surface area contributed by atoms with E-state index in [2.05, 4.69) is 46.7 Å². The Morgan fingerprint density at radius 1 is 1.06 bits per heavy atom. The number of furan rings is 1. The highest BCUT2D eigenvalue weighted by molar-refractivity contribution is 6.05. The third-order valence-corrected chi connectivity index (χ3v) is 10.6. The third kappa shape index (κ3) is 7.24. The molecule has 4 aliphatic heterocycles. The molecular weight excluding hydrogens is 677 g/mol. The number of aromatic nitrogens is 3. The monoisotopic (exact) mass is 727 g/mol. The molecule has 0 radical (unpaired) electrons. The molecule has 2 saturated heterocycles. The Kier molecular flexibility index (Phi) is 9.99. The fraction of sp³-hybridized carbons (Fsp3) is 0.488. The third-order valence-electron chi connectivity index (χ3n) is 10.6. The number of ether oxygens (including phenoxy) is 3. The number of anilines is 1. The Labute approximate surface area is 309 Å². The molecule has 2 N–H and O–H groups in total. The normalized spacial score (nSPS) is 26.3. The number of piperidine rings is 1.